The van der Waals surface area contributed by atoms with Crippen molar-refractivity contribution < 1.29 is 14.1 Å². The van der Waals surface area contributed by atoms with Gasteiger partial charge in [0.25, 0.3) is 11.8 Å². The first-order chi connectivity index (χ1) is 15.1. The molecule has 0 bridgehead atoms. The van der Waals surface area contributed by atoms with Gasteiger partial charge in [-0.2, -0.15) is 4.98 Å². The molecule has 3 aromatic rings. The fourth-order valence-electron chi connectivity index (χ4n) is 3.84. The summed E-state index contributed by atoms with van der Waals surface area (Å²) in [6, 6.07) is 11.1. The van der Waals surface area contributed by atoms with E-state index < -0.39 is 0 Å². The molecule has 0 unspecified atom stereocenters. The number of piperidine rings is 1. The van der Waals surface area contributed by atoms with Crippen molar-refractivity contribution in [3.63, 3.8) is 0 Å². The molecule has 0 saturated carbocycles. The molecule has 1 N–H and O–H groups in total. The predicted molar refractivity (Wildman–Crippen MR) is 121 cm³/mol. The van der Waals surface area contributed by atoms with Crippen LogP contribution in [0.15, 0.2) is 40.9 Å². The molecular formula is C23H28N4O3S. The molecular weight excluding hydrogens is 412 g/mol. The van der Waals surface area contributed by atoms with Crippen molar-refractivity contribution in [1.29, 1.82) is 0 Å². The van der Waals surface area contributed by atoms with E-state index in [1.165, 1.54) is 37.3 Å². The van der Waals surface area contributed by atoms with Gasteiger partial charge < -0.3 is 19.5 Å². The van der Waals surface area contributed by atoms with Gasteiger partial charge in [0.05, 0.1) is 16.9 Å². The number of hydrogen-bond acceptors (Lipinski definition) is 7. The number of amides is 1. The number of carbonyl (C=O) groups excluding carboxylic acids is 1. The Balaban J connectivity index is 1.29. The maximum Gasteiger partial charge on any atom is 0.261 e. The van der Waals surface area contributed by atoms with E-state index in [0.717, 1.165) is 35.1 Å². The Morgan fingerprint density at radius 3 is 2.90 bits per heavy atom. The second-order valence-corrected chi connectivity index (χ2v) is 9.06. The SMILES string of the molecule is COc1ccc(-c2nc(-c3ccc(C(=O)NCCCN4CCC[C@H](C)C4)s3)no2)cc1. The van der Waals surface area contributed by atoms with E-state index in [1.54, 1.807) is 7.11 Å². The fraction of sp³-hybridized carbons (Fsp3) is 0.435. The number of nitrogens with zero attached hydrogens (tertiary/aromatic N) is 3. The number of ether oxygens (including phenoxy) is 1. The van der Waals surface area contributed by atoms with Crippen LogP contribution in [0.1, 0.15) is 35.9 Å². The van der Waals surface area contributed by atoms with Crippen molar-refractivity contribution in [2.45, 2.75) is 26.2 Å². The quantitative estimate of drug-likeness (QED) is 0.525. The standard InChI is InChI=1S/C23H28N4O3S/c1-16-5-3-13-27(15-16)14-4-12-24-22(28)20-11-10-19(31-20)21-25-23(30-26-21)17-6-8-18(29-2)9-7-17/h6-11,16H,3-5,12-15H2,1-2H3,(H,24,28)/t16-/m0/s1. The molecule has 0 aliphatic carbocycles. The van der Waals surface area contributed by atoms with Gasteiger partial charge in [0, 0.05) is 18.7 Å². The minimum Gasteiger partial charge on any atom is -0.497 e. The van der Waals surface area contributed by atoms with Gasteiger partial charge in [-0.05, 0) is 74.7 Å². The summed E-state index contributed by atoms with van der Waals surface area (Å²) in [6.45, 7) is 6.38. The molecule has 4 rings (SSSR count). The number of aromatic nitrogens is 2. The Labute approximate surface area is 186 Å². The van der Waals surface area contributed by atoms with Crippen LogP contribution in [0, 0.1) is 5.92 Å². The van der Waals surface area contributed by atoms with Crippen LogP contribution in [0.3, 0.4) is 0 Å². The van der Waals surface area contributed by atoms with Crippen LogP contribution in [-0.4, -0.2) is 54.2 Å². The molecule has 1 amide bonds. The molecule has 2 aromatic heterocycles. The Kier molecular flexibility index (Phi) is 6.99. The molecule has 1 fully saturated rings. The third-order valence-electron chi connectivity index (χ3n) is 5.49. The third-order valence-corrected chi connectivity index (χ3v) is 6.57. The van der Waals surface area contributed by atoms with Crippen molar-refractivity contribution in [3.8, 4) is 27.9 Å². The normalized spacial score (nSPS) is 16.9. The predicted octanol–water partition coefficient (Wildman–Crippen LogP) is 4.33. The average molecular weight is 441 g/mol. The van der Waals surface area contributed by atoms with Crippen molar-refractivity contribution in [3.05, 3.63) is 41.3 Å². The second kappa shape index (κ2) is 10.1. The number of thiophene rings is 1. The van der Waals surface area contributed by atoms with Crippen LogP contribution in [-0.2, 0) is 0 Å². The van der Waals surface area contributed by atoms with Crippen LogP contribution in [0.5, 0.6) is 5.75 Å². The lowest BCUT2D eigenvalue weighted by Crippen LogP contribution is -2.36. The number of hydrogen-bond donors (Lipinski definition) is 1. The zero-order valence-electron chi connectivity index (χ0n) is 18.0. The monoisotopic (exact) mass is 440 g/mol. The van der Waals surface area contributed by atoms with Crippen LogP contribution in [0.4, 0.5) is 0 Å². The van der Waals surface area contributed by atoms with Gasteiger partial charge in [-0.1, -0.05) is 12.1 Å². The highest BCUT2D eigenvalue weighted by Crippen LogP contribution is 2.28. The molecule has 1 aromatic carbocycles. The topological polar surface area (TPSA) is 80.5 Å². The second-order valence-electron chi connectivity index (χ2n) is 7.97. The molecule has 3 heterocycles. The number of methoxy groups -OCH3 is 1. The van der Waals surface area contributed by atoms with Gasteiger partial charge in [0.2, 0.25) is 5.82 Å². The molecule has 0 spiro atoms. The van der Waals surface area contributed by atoms with Gasteiger partial charge in [-0.25, -0.2) is 0 Å². The Bertz CT molecular complexity index is 998. The zero-order valence-corrected chi connectivity index (χ0v) is 18.8. The van der Waals surface area contributed by atoms with Crippen LogP contribution < -0.4 is 10.1 Å². The molecule has 8 heteroatoms. The van der Waals surface area contributed by atoms with E-state index in [4.69, 9.17) is 9.26 Å². The smallest absolute Gasteiger partial charge is 0.261 e. The fourth-order valence-corrected chi connectivity index (χ4v) is 4.68. The summed E-state index contributed by atoms with van der Waals surface area (Å²) in [5.74, 6) is 2.41. The van der Waals surface area contributed by atoms with E-state index in [-0.39, 0.29) is 5.91 Å². The highest BCUT2D eigenvalue weighted by Gasteiger charge is 2.17. The van der Waals surface area contributed by atoms with Crippen molar-refractivity contribution in [2.75, 3.05) is 33.3 Å². The summed E-state index contributed by atoms with van der Waals surface area (Å²) < 4.78 is 10.6. The first kappa shape index (κ1) is 21.5. The van der Waals surface area contributed by atoms with Crippen LogP contribution in [0.25, 0.3) is 22.2 Å². The summed E-state index contributed by atoms with van der Waals surface area (Å²) in [7, 11) is 1.62. The van der Waals surface area contributed by atoms with Gasteiger partial charge in [0.1, 0.15) is 5.75 Å². The van der Waals surface area contributed by atoms with Gasteiger partial charge in [0.15, 0.2) is 0 Å². The average Bonchev–Trinajstić information content (AvgIpc) is 3.47. The van der Waals surface area contributed by atoms with Crippen LogP contribution >= 0.6 is 11.3 Å². The Morgan fingerprint density at radius 1 is 1.29 bits per heavy atom. The molecule has 7 nitrogen and oxygen atoms in total. The van der Waals surface area contributed by atoms with E-state index in [0.29, 0.717) is 23.1 Å². The minimum absolute atomic E-state index is 0.0536. The number of benzene rings is 1. The lowest BCUT2D eigenvalue weighted by Gasteiger charge is -2.30. The largest absolute Gasteiger partial charge is 0.497 e. The molecule has 1 aliphatic heterocycles. The van der Waals surface area contributed by atoms with Gasteiger partial charge in [-0.3, -0.25) is 4.79 Å². The molecule has 164 valence electrons. The summed E-state index contributed by atoms with van der Waals surface area (Å²) >= 11 is 1.37. The maximum absolute atomic E-state index is 12.5. The highest BCUT2D eigenvalue weighted by atomic mass is 32.1. The van der Waals surface area contributed by atoms with E-state index in [1.807, 2.05) is 36.4 Å². The highest BCUT2D eigenvalue weighted by molar-refractivity contribution is 7.17. The van der Waals surface area contributed by atoms with Crippen molar-refractivity contribution in [2.24, 2.45) is 5.92 Å². The van der Waals surface area contributed by atoms with E-state index in [2.05, 4.69) is 27.3 Å². The first-order valence-corrected chi connectivity index (χ1v) is 11.5. The van der Waals surface area contributed by atoms with Crippen LogP contribution in [0.2, 0.25) is 0 Å². The molecule has 0 radical (unpaired) electrons. The summed E-state index contributed by atoms with van der Waals surface area (Å²) in [4.78, 5) is 20.9. The number of rotatable bonds is 8. The summed E-state index contributed by atoms with van der Waals surface area (Å²) in [5, 5.41) is 7.09. The maximum atomic E-state index is 12.5. The number of carbonyl (C=O) groups is 1. The van der Waals surface area contributed by atoms with E-state index >= 15 is 0 Å². The molecule has 1 atom stereocenters. The zero-order chi connectivity index (χ0) is 21.6. The third kappa shape index (κ3) is 5.51. The molecule has 1 aliphatic rings. The van der Waals surface area contributed by atoms with Crippen molar-refractivity contribution in [1.82, 2.24) is 20.4 Å². The Morgan fingerprint density at radius 2 is 2.13 bits per heavy atom. The summed E-state index contributed by atoms with van der Waals surface area (Å²) in [6.07, 6.45) is 3.57. The number of nitrogens with one attached hydrogen (secondary N) is 1. The van der Waals surface area contributed by atoms with E-state index in [9.17, 15) is 4.79 Å². The van der Waals surface area contributed by atoms with Crippen molar-refractivity contribution >= 4 is 17.2 Å². The molecule has 31 heavy (non-hydrogen) atoms. The lowest BCUT2D eigenvalue weighted by atomic mass is 10.0. The lowest BCUT2D eigenvalue weighted by molar-refractivity contribution is 0.0954. The summed E-state index contributed by atoms with van der Waals surface area (Å²) in [5.41, 5.74) is 0.817. The minimum atomic E-state index is -0.0536. The molecule has 1 saturated heterocycles. The number of likely N-dealkylation sites (tertiary alicyclic amines) is 1. The van der Waals surface area contributed by atoms with Gasteiger partial charge in [-0.15, -0.1) is 11.3 Å². The Hall–Kier alpha value is -2.71. The van der Waals surface area contributed by atoms with Gasteiger partial charge >= 0.3 is 0 Å². The first-order valence-electron chi connectivity index (χ1n) is 10.7.